The van der Waals surface area contributed by atoms with E-state index in [1.165, 1.54) is 18.2 Å². The van der Waals surface area contributed by atoms with Gasteiger partial charge in [-0.2, -0.15) is 0 Å². The Morgan fingerprint density at radius 3 is 2.76 bits per heavy atom. The molecule has 0 bridgehead atoms. The molecule has 0 heterocycles. The molecular weight excluding hydrogens is 244 g/mol. The van der Waals surface area contributed by atoms with Crippen molar-refractivity contribution in [2.75, 3.05) is 12.4 Å². The highest BCUT2D eigenvalue weighted by molar-refractivity contribution is 6.17. The van der Waals surface area contributed by atoms with Crippen molar-refractivity contribution in [2.24, 2.45) is 0 Å². The van der Waals surface area contributed by atoms with Crippen molar-refractivity contribution in [3.05, 3.63) is 39.4 Å². The van der Waals surface area contributed by atoms with Crippen molar-refractivity contribution in [1.29, 1.82) is 0 Å². The number of carbonyl (C=O) groups excluding carboxylic acids is 1. The van der Waals surface area contributed by atoms with E-state index in [9.17, 15) is 14.9 Å². The molecule has 17 heavy (non-hydrogen) atoms. The zero-order chi connectivity index (χ0) is 12.8. The fraction of sp³-hybridized carbons (Fsp3) is 0.364. The van der Waals surface area contributed by atoms with E-state index in [1.54, 1.807) is 6.92 Å². The second-order valence-electron chi connectivity index (χ2n) is 3.55. The average Bonchev–Trinajstić information content (AvgIpc) is 2.28. The molecule has 1 rings (SSSR count). The number of hydrogen-bond acceptors (Lipinski definition) is 3. The molecule has 1 aromatic carbocycles. The number of halogens is 1. The summed E-state index contributed by atoms with van der Waals surface area (Å²) >= 11 is 5.49. The quantitative estimate of drug-likeness (QED) is 0.380. The topological polar surface area (TPSA) is 72.2 Å². The van der Waals surface area contributed by atoms with Gasteiger partial charge in [0.2, 0.25) is 0 Å². The molecule has 92 valence electrons. The molecule has 0 aliphatic carbocycles. The highest BCUT2D eigenvalue weighted by atomic mass is 35.5. The fourth-order valence-corrected chi connectivity index (χ4v) is 1.51. The molecule has 0 saturated heterocycles. The van der Waals surface area contributed by atoms with Crippen LogP contribution >= 0.6 is 11.6 Å². The van der Waals surface area contributed by atoms with E-state index in [1.807, 2.05) is 0 Å². The second-order valence-corrected chi connectivity index (χ2v) is 3.93. The zero-order valence-electron chi connectivity index (χ0n) is 9.40. The number of nitro benzene ring substituents is 1. The fourth-order valence-electron chi connectivity index (χ4n) is 1.38. The van der Waals surface area contributed by atoms with Crippen LogP contribution in [0.15, 0.2) is 18.2 Å². The first-order valence-electron chi connectivity index (χ1n) is 5.15. The molecule has 6 heteroatoms. The Balaban J connectivity index is 2.78. The van der Waals surface area contributed by atoms with E-state index >= 15 is 0 Å². The summed E-state index contributed by atoms with van der Waals surface area (Å²) in [6.45, 7) is 2.17. The largest absolute Gasteiger partial charge is 0.352 e. The normalized spacial score (nSPS) is 10.0. The van der Waals surface area contributed by atoms with Gasteiger partial charge < -0.3 is 5.32 Å². The second kappa shape index (κ2) is 6.20. The zero-order valence-corrected chi connectivity index (χ0v) is 10.2. The van der Waals surface area contributed by atoms with E-state index in [0.717, 1.165) is 0 Å². The van der Waals surface area contributed by atoms with Crippen molar-refractivity contribution in [1.82, 2.24) is 5.32 Å². The third kappa shape index (κ3) is 3.71. The number of nitro groups is 1. The maximum absolute atomic E-state index is 11.7. The Kier molecular flexibility index (Phi) is 4.90. The van der Waals surface area contributed by atoms with Crippen LogP contribution in [0.25, 0.3) is 0 Å². The lowest BCUT2D eigenvalue weighted by molar-refractivity contribution is -0.384. The molecular formula is C11H13ClN2O3. The van der Waals surface area contributed by atoms with Gasteiger partial charge in [0.25, 0.3) is 11.6 Å². The molecule has 0 saturated carbocycles. The van der Waals surface area contributed by atoms with Crippen LogP contribution < -0.4 is 5.32 Å². The van der Waals surface area contributed by atoms with Gasteiger partial charge in [0, 0.05) is 30.1 Å². The highest BCUT2D eigenvalue weighted by Gasteiger charge is 2.12. The van der Waals surface area contributed by atoms with E-state index in [0.29, 0.717) is 30.0 Å². The van der Waals surface area contributed by atoms with E-state index in [2.05, 4.69) is 5.32 Å². The summed E-state index contributed by atoms with van der Waals surface area (Å²) in [5.74, 6) is 0.252. The Morgan fingerprint density at radius 1 is 1.53 bits per heavy atom. The van der Waals surface area contributed by atoms with Gasteiger partial charge in [0.05, 0.1) is 4.92 Å². The SMILES string of the molecule is Cc1cc([N+](=O)[O-])ccc1C(=O)NCCCCl. The number of alkyl halides is 1. The number of nitrogens with zero attached hydrogens (tertiary/aromatic N) is 1. The van der Waals surface area contributed by atoms with Gasteiger partial charge in [-0.1, -0.05) is 0 Å². The Morgan fingerprint density at radius 2 is 2.24 bits per heavy atom. The molecule has 1 aromatic rings. The molecule has 0 aliphatic rings. The summed E-state index contributed by atoms with van der Waals surface area (Å²) in [4.78, 5) is 21.7. The summed E-state index contributed by atoms with van der Waals surface area (Å²) < 4.78 is 0. The van der Waals surface area contributed by atoms with Crippen LogP contribution in [0.4, 0.5) is 5.69 Å². The third-order valence-electron chi connectivity index (χ3n) is 2.26. The van der Waals surface area contributed by atoms with E-state index in [-0.39, 0.29) is 11.6 Å². The van der Waals surface area contributed by atoms with Gasteiger partial charge in [0.15, 0.2) is 0 Å². The monoisotopic (exact) mass is 256 g/mol. The smallest absolute Gasteiger partial charge is 0.269 e. The van der Waals surface area contributed by atoms with Crippen LogP contribution in [0.3, 0.4) is 0 Å². The minimum Gasteiger partial charge on any atom is -0.352 e. The van der Waals surface area contributed by atoms with Gasteiger partial charge in [0.1, 0.15) is 0 Å². The standard InChI is InChI=1S/C11H13ClN2O3/c1-8-7-9(14(16)17)3-4-10(8)11(15)13-6-2-5-12/h3-4,7H,2,5-6H2,1H3,(H,13,15). The molecule has 0 aliphatic heterocycles. The predicted octanol–water partition coefficient (Wildman–Crippen LogP) is 2.26. The summed E-state index contributed by atoms with van der Waals surface area (Å²) in [6.07, 6.45) is 0.694. The first-order valence-corrected chi connectivity index (χ1v) is 5.69. The Hall–Kier alpha value is -1.62. The molecule has 1 N–H and O–H groups in total. The number of aryl methyl sites for hydroxylation is 1. The number of carbonyl (C=O) groups is 1. The number of benzene rings is 1. The van der Waals surface area contributed by atoms with Gasteiger partial charge in [-0.05, 0) is 25.0 Å². The summed E-state index contributed by atoms with van der Waals surface area (Å²) in [6, 6.07) is 4.17. The average molecular weight is 257 g/mol. The van der Waals surface area contributed by atoms with Gasteiger partial charge in [-0.25, -0.2) is 0 Å². The predicted molar refractivity (Wildman–Crippen MR) is 65.5 cm³/mol. The van der Waals surface area contributed by atoms with Crippen LogP contribution in [0.2, 0.25) is 0 Å². The lowest BCUT2D eigenvalue weighted by Crippen LogP contribution is -2.25. The molecule has 0 atom stereocenters. The van der Waals surface area contributed by atoms with E-state index in [4.69, 9.17) is 11.6 Å². The maximum atomic E-state index is 11.7. The number of amides is 1. The molecule has 0 fully saturated rings. The summed E-state index contributed by atoms with van der Waals surface area (Å²) in [5.41, 5.74) is 1.02. The third-order valence-corrected chi connectivity index (χ3v) is 2.53. The lowest BCUT2D eigenvalue weighted by Gasteiger charge is -2.06. The molecule has 0 spiro atoms. The summed E-state index contributed by atoms with van der Waals surface area (Å²) in [7, 11) is 0. The van der Waals surface area contributed by atoms with Crippen molar-refractivity contribution in [2.45, 2.75) is 13.3 Å². The van der Waals surface area contributed by atoms with Gasteiger partial charge in [-0.15, -0.1) is 11.6 Å². The van der Waals surface area contributed by atoms with Crippen molar-refractivity contribution in [3.8, 4) is 0 Å². The van der Waals surface area contributed by atoms with Crippen molar-refractivity contribution in [3.63, 3.8) is 0 Å². The molecule has 0 unspecified atom stereocenters. The van der Waals surface area contributed by atoms with Crippen LogP contribution in [-0.2, 0) is 0 Å². The summed E-state index contributed by atoms with van der Waals surface area (Å²) in [5, 5.41) is 13.2. The highest BCUT2D eigenvalue weighted by Crippen LogP contribution is 2.16. The molecule has 0 radical (unpaired) electrons. The molecule has 0 aromatic heterocycles. The first kappa shape index (κ1) is 13.4. The number of rotatable bonds is 5. The van der Waals surface area contributed by atoms with Crippen LogP contribution in [0, 0.1) is 17.0 Å². The molecule has 1 amide bonds. The number of non-ortho nitro benzene ring substituents is 1. The number of hydrogen-bond donors (Lipinski definition) is 1. The van der Waals surface area contributed by atoms with Crippen molar-refractivity contribution >= 4 is 23.2 Å². The Bertz CT molecular complexity index is 435. The Labute approximate surface area is 104 Å². The minimum atomic E-state index is -0.484. The van der Waals surface area contributed by atoms with Crippen LogP contribution in [0.5, 0.6) is 0 Å². The van der Waals surface area contributed by atoms with Crippen molar-refractivity contribution < 1.29 is 9.72 Å². The first-order chi connectivity index (χ1) is 8.06. The van der Waals surface area contributed by atoms with E-state index < -0.39 is 4.92 Å². The van der Waals surface area contributed by atoms with Gasteiger partial charge >= 0.3 is 0 Å². The lowest BCUT2D eigenvalue weighted by atomic mass is 10.1. The molecule has 5 nitrogen and oxygen atoms in total. The van der Waals surface area contributed by atoms with Gasteiger partial charge in [-0.3, -0.25) is 14.9 Å². The van der Waals surface area contributed by atoms with Crippen LogP contribution in [-0.4, -0.2) is 23.3 Å². The van der Waals surface area contributed by atoms with Crippen LogP contribution in [0.1, 0.15) is 22.3 Å². The maximum Gasteiger partial charge on any atom is 0.269 e. The minimum absolute atomic E-state index is 0.0141. The number of nitrogens with one attached hydrogen (secondary N) is 1.